The van der Waals surface area contributed by atoms with E-state index in [1.54, 1.807) is 19.2 Å². The molecule has 2 aromatic carbocycles. The smallest absolute Gasteiger partial charge is 0.161 e. The van der Waals surface area contributed by atoms with Crippen LogP contribution in [0, 0.1) is 0 Å². The first-order valence-corrected chi connectivity index (χ1v) is 6.51. The molecule has 2 aromatic rings. The highest BCUT2D eigenvalue weighted by Gasteiger charge is 2.03. The van der Waals surface area contributed by atoms with Gasteiger partial charge in [0, 0.05) is 0 Å². The van der Waals surface area contributed by atoms with Crippen LogP contribution >= 0.6 is 0 Å². The SMILES string of the molecule is CCOc1ccc(/C=C/c2cccc(O)c2)cc1OC. The normalized spacial score (nSPS) is 10.7. The van der Waals surface area contributed by atoms with Gasteiger partial charge in [-0.3, -0.25) is 0 Å². The number of hydrogen-bond donors (Lipinski definition) is 1. The topological polar surface area (TPSA) is 38.7 Å². The minimum absolute atomic E-state index is 0.261. The highest BCUT2D eigenvalue weighted by atomic mass is 16.5. The van der Waals surface area contributed by atoms with E-state index in [0.717, 1.165) is 16.9 Å². The third kappa shape index (κ3) is 3.54. The molecular formula is C17H18O3. The van der Waals surface area contributed by atoms with Gasteiger partial charge in [-0.2, -0.15) is 0 Å². The average molecular weight is 270 g/mol. The standard InChI is InChI=1S/C17H18O3/c1-3-20-16-10-9-14(12-17(16)19-2)8-7-13-5-4-6-15(18)11-13/h4-12,18H,3H2,1-2H3/b8-7+. The van der Waals surface area contributed by atoms with Gasteiger partial charge in [0.2, 0.25) is 0 Å². The summed E-state index contributed by atoms with van der Waals surface area (Å²) in [5.74, 6) is 1.71. The molecule has 0 fully saturated rings. The molecule has 1 N–H and O–H groups in total. The lowest BCUT2D eigenvalue weighted by Gasteiger charge is -2.09. The summed E-state index contributed by atoms with van der Waals surface area (Å²) in [7, 11) is 1.63. The van der Waals surface area contributed by atoms with E-state index in [9.17, 15) is 5.11 Å². The largest absolute Gasteiger partial charge is 0.508 e. The van der Waals surface area contributed by atoms with Crippen molar-refractivity contribution < 1.29 is 14.6 Å². The zero-order valence-corrected chi connectivity index (χ0v) is 11.7. The maximum Gasteiger partial charge on any atom is 0.161 e. The number of ether oxygens (including phenoxy) is 2. The zero-order chi connectivity index (χ0) is 14.4. The molecule has 20 heavy (non-hydrogen) atoms. The molecule has 0 saturated heterocycles. The maximum atomic E-state index is 9.42. The quantitative estimate of drug-likeness (QED) is 0.835. The van der Waals surface area contributed by atoms with Gasteiger partial charge in [-0.25, -0.2) is 0 Å². The first-order chi connectivity index (χ1) is 9.72. The van der Waals surface area contributed by atoms with Crippen LogP contribution < -0.4 is 9.47 Å². The van der Waals surface area contributed by atoms with E-state index in [1.165, 1.54) is 0 Å². The number of benzene rings is 2. The summed E-state index contributed by atoms with van der Waals surface area (Å²) in [6.07, 6.45) is 3.90. The van der Waals surface area contributed by atoms with Crippen molar-refractivity contribution in [3.8, 4) is 17.2 Å². The second kappa shape index (κ2) is 6.66. The molecule has 0 atom stereocenters. The van der Waals surface area contributed by atoms with E-state index < -0.39 is 0 Å². The van der Waals surface area contributed by atoms with Crippen molar-refractivity contribution in [3.63, 3.8) is 0 Å². The summed E-state index contributed by atoms with van der Waals surface area (Å²) in [5, 5.41) is 9.42. The Hall–Kier alpha value is -2.42. The van der Waals surface area contributed by atoms with Crippen LogP contribution in [0.25, 0.3) is 12.2 Å². The highest BCUT2D eigenvalue weighted by Crippen LogP contribution is 2.28. The summed E-state index contributed by atoms with van der Waals surface area (Å²) in [6.45, 7) is 2.55. The zero-order valence-electron chi connectivity index (χ0n) is 11.7. The van der Waals surface area contributed by atoms with Crippen molar-refractivity contribution in [1.29, 1.82) is 0 Å². The Morgan fingerprint density at radius 1 is 1.00 bits per heavy atom. The molecule has 0 radical (unpaired) electrons. The predicted molar refractivity (Wildman–Crippen MR) is 81.2 cm³/mol. The number of rotatable bonds is 5. The molecule has 0 aliphatic carbocycles. The average Bonchev–Trinajstić information content (AvgIpc) is 2.46. The molecule has 0 aromatic heterocycles. The Morgan fingerprint density at radius 2 is 1.75 bits per heavy atom. The van der Waals surface area contributed by atoms with Gasteiger partial charge in [-0.05, 0) is 42.3 Å². The van der Waals surface area contributed by atoms with Gasteiger partial charge in [-0.1, -0.05) is 30.4 Å². The van der Waals surface area contributed by atoms with Gasteiger partial charge in [0.25, 0.3) is 0 Å². The number of phenols is 1. The monoisotopic (exact) mass is 270 g/mol. The van der Waals surface area contributed by atoms with Crippen molar-refractivity contribution in [2.24, 2.45) is 0 Å². The third-order valence-electron chi connectivity index (χ3n) is 2.83. The molecule has 0 bridgehead atoms. The first kappa shape index (κ1) is 14.0. The predicted octanol–water partition coefficient (Wildman–Crippen LogP) is 3.97. The molecule has 104 valence electrons. The summed E-state index contributed by atoms with van der Waals surface area (Å²) in [4.78, 5) is 0. The van der Waals surface area contributed by atoms with E-state index in [2.05, 4.69) is 0 Å². The van der Waals surface area contributed by atoms with Crippen LogP contribution in [-0.4, -0.2) is 18.8 Å². The summed E-state index contributed by atoms with van der Waals surface area (Å²) in [5.41, 5.74) is 1.95. The fourth-order valence-electron chi connectivity index (χ4n) is 1.88. The van der Waals surface area contributed by atoms with Gasteiger partial charge in [0.05, 0.1) is 13.7 Å². The van der Waals surface area contributed by atoms with E-state index in [1.807, 2.05) is 49.4 Å². The number of aromatic hydroxyl groups is 1. The van der Waals surface area contributed by atoms with Crippen molar-refractivity contribution >= 4 is 12.2 Å². The fourth-order valence-corrected chi connectivity index (χ4v) is 1.88. The van der Waals surface area contributed by atoms with Gasteiger partial charge in [0.15, 0.2) is 11.5 Å². The lowest BCUT2D eigenvalue weighted by Crippen LogP contribution is -1.95. The molecule has 3 heteroatoms. The van der Waals surface area contributed by atoms with Crippen LogP contribution in [0.4, 0.5) is 0 Å². The van der Waals surface area contributed by atoms with Crippen molar-refractivity contribution in [1.82, 2.24) is 0 Å². The molecule has 0 unspecified atom stereocenters. The summed E-state index contributed by atoms with van der Waals surface area (Å²) in [6, 6.07) is 12.9. The molecule has 2 rings (SSSR count). The lowest BCUT2D eigenvalue weighted by atomic mass is 10.1. The molecule has 0 heterocycles. The fraction of sp³-hybridized carbons (Fsp3) is 0.176. The molecule has 0 saturated carbocycles. The summed E-state index contributed by atoms with van der Waals surface area (Å²) >= 11 is 0. The van der Waals surface area contributed by atoms with Crippen LogP contribution in [0.2, 0.25) is 0 Å². The second-order valence-electron chi connectivity index (χ2n) is 4.27. The third-order valence-corrected chi connectivity index (χ3v) is 2.83. The maximum absolute atomic E-state index is 9.42. The second-order valence-corrected chi connectivity index (χ2v) is 4.27. The molecular weight excluding hydrogens is 252 g/mol. The molecule has 3 nitrogen and oxygen atoms in total. The Kier molecular flexibility index (Phi) is 4.66. The van der Waals surface area contributed by atoms with E-state index in [-0.39, 0.29) is 5.75 Å². The number of phenolic OH excluding ortho intramolecular Hbond substituents is 1. The lowest BCUT2D eigenvalue weighted by molar-refractivity contribution is 0.311. The molecule has 0 aliphatic heterocycles. The van der Waals surface area contributed by atoms with Crippen LogP contribution in [0.15, 0.2) is 42.5 Å². The summed E-state index contributed by atoms with van der Waals surface area (Å²) < 4.78 is 10.8. The Morgan fingerprint density at radius 3 is 2.40 bits per heavy atom. The van der Waals surface area contributed by atoms with Crippen LogP contribution in [-0.2, 0) is 0 Å². The Bertz CT molecular complexity index is 603. The van der Waals surface area contributed by atoms with Crippen molar-refractivity contribution in [2.45, 2.75) is 6.92 Å². The molecule has 0 amide bonds. The van der Waals surface area contributed by atoms with Gasteiger partial charge >= 0.3 is 0 Å². The Balaban J connectivity index is 2.21. The molecule has 0 spiro atoms. The van der Waals surface area contributed by atoms with Crippen LogP contribution in [0.5, 0.6) is 17.2 Å². The first-order valence-electron chi connectivity index (χ1n) is 6.51. The van der Waals surface area contributed by atoms with Gasteiger partial charge in [-0.15, -0.1) is 0 Å². The number of hydrogen-bond acceptors (Lipinski definition) is 3. The van der Waals surface area contributed by atoms with E-state index in [4.69, 9.17) is 9.47 Å². The minimum Gasteiger partial charge on any atom is -0.508 e. The number of methoxy groups -OCH3 is 1. The minimum atomic E-state index is 0.261. The highest BCUT2D eigenvalue weighted by molar-refractivity contribution is 5.71. The van der Waals surface area contributed by atoms with Crippen LogP contribution in [0.1, 0.15) is 18.1 Å². The van der Waals surface area contributed by atoms with Crippen molar-refractivity contribution in [2.75, 3.05) is 13.7 Å². The van der Waals surface area contributed by atoms with Gasteiger partial charge < -0.3 is 14.6 Å². The molecule has 0 aliphatic rings. The van der Waals surface area contributed by atoms with Crippen LogP contribution in [0.3, 0.4) is 0 Å². The van der Waals surface area contributed by atoms with Crippen molar-refractivity contribution in [3.05, 3.63) is 53.6 Å². The van der Waals surface area contributed by atoms with Gasteiger partial charge in [0.1, 0.15) is 5.75 Å². The Labute approximate surface area is 119 Å². The van der Waals surface area contributed by atoms with E-state index >= 15 is 0 Å². The van der Waals surface area contributed by atoms with E-state index in [0.29, 0.717) is 12.4 Å².